The molecule has 0 aliphatic heterocycles. The molecule has 0 heterocycles. The zero-order chi connectivity index (χ0) is 13.5. The smallest absolute Gasteiger partial charge is 0.254 e. The fourth-order valence-electron chi connectivity index (χ4n) is 1.61. The van der Waals surface area contributed by atoms with Crippen LogP contribution < -0.4 is 0 Å². The van der Waals surface area contributed by atoms with Crippen molar-refractivity contribution in [2.24, 2.45) is 0 Å². The van der Waals surface area contributed by atoms with Gasteiger partial charge in [-0.05, 0) is 60.1 Å². The predicted octanol–water partition coefficient (Wildman–Crippen LogP) is 3.18. The number of nitrogens with zero attached hydrogens (tertiary/aromatic N) is 1. The van der Waals surface area contributed by atoms with Crippen LogP contribution in [0.5, 0.6) is 0 Å². The summed E-state index contributed by atoms with van der Waals surface area (Å²) in [4.78, 5) is 13.9. The average Bonchev–Trinajstić information content (AvgIpc) is 2.36. The second-order valence-corrected chi connectivity index (χ2v) is 5.73. The van der Waals surface area contributed by atoms with E-state index in [1.165, 1.54) is 0 Å². The van der Waals surface area contributed by atoms with Crippen molar-refractivity contribution in [3.05, 3.63) is 32.4 Å². The maximum Gasteiger partial charge on any atom is 0.254 e. The Hall–Kier alpha value is -0.330. The Kier molecular flexibility index (Phi) is 6.96. The van der Waals surface area contributed by atoms with Crippen molar-refractivity contribution in [3.8, 4) is 0 Å². The minimum absolute atomic E-state index is 0.00843. The van der Waals surface area contributed by atoms with Gasteiger partial charge in [-0.15, -0.1) is 0 Å². The molecule has 1 rings (SSSR count). The molecule has 0 aliphatic rings. The van der Waals surface area contributed by atoms with Gasteiger partial charge in [-0.1, -0.05) is 11.6 Å². The maximum atomic E-state index is 12.2. The number of benzene rings is 1. The molecule has 1 aromatic carbocycles. The van der Waals surface area contributed by atoms with Crippen molar-refractivity contribution in [1.82, 2.24) is 4.90 Å². The first-order valence-corrected chi connectivity index (χ1v) is 7.33. The highest BCUT2D eigenvalue weighted by molar-refractivity contribution is 14.1. The summed E-state index contributed by atoms with van der Waals surface area (Å²) < 4.78 is 0.907. The van der Waals surface area contributed by atoms with Crippen LogP contribution in [0, 0.1) is 3.57 Å². The molecule has 0 unspecified atom stereocenters. The van der Waals surface area contributed by atoms with Gasteiger partial charge in [0.25, 0.3) is 5.91 Å². The standard InChI is InChI=1S/C13H17ClINO2/c1-16(7-3-2-4-8-17)13(18)11-9-10(14)5-6-12(11)15/h5-6,9,17H,2-4,7-8H2,1H3. The van der Waals surface area contributed by atoms with Gasteiger partial charge in [0.15, 0.2) is 0 Å². The van der Waals surface area contributed by atoms with Crippen molar-refractivity contribution in [2.75, 3.05) is 20.2 Å². The van der Waals surface area contributed by atoms with Crippen LogP contribution in [-0.2, 0) is 0 Å². The van der Waals surface area contributed by atoms with Crippen LogP contribution in [0.1, 0.15) is 29.6 Å². The largest absolute Gasteiger partial charge is 0.396 e. The normalized spacial score (nSPS) is 10.4. The molecule has 3 nitrogen and oxygen atoms in total. The van der Waals surface area contributed by atoms with E-state index in [1.807, 2.05) is 6.07 Å². The number of hydrogen-bond donors (Lipinski definition) is 1. The van der Waals surface area contributed by atoms with Gasteiger partial charge in [-0.3, -0.25) is 4.79 Å². The molecule has 5 heteroatoms. The first kappa shape index (κ1) is 15.7. The second kappa shape index (κ2) is 7.96. The Morgan fingerprint density at radius 3 is 2.78 bits per heavy atom. The summed E-state index contributed by atoms with van der Waals surface area (Å²) in [5, 5.41) is 9.27. The number of aliphatic hydroxyl groups is 1. The summed E-state index contributed by atoms with van der Waals surface area (Å²) in [6.45, 7) is 0.908. The highest BCUT2D eigenvalue weighted by Gasteiger charge is 2.14. The monoisotopic (exact) mass is 381 g/mol. The van der Waals surface area contributed by atoms with Crippen LogP contribution in [0.2, 0.25) is 5.02 Å². The summed E-state index contributed by atoms with van der Waals surface area (Å²) in [5.74, 6) is -0.00843. The Morgan fingerprint density at radius 1 is 1.39 bits per heavy atom. The highest BCUT2D eigenvalue weighted by Crippen LogP contribution is 2.19. The van der Waals surface area contributed by atoms with Crippen molar-refractivity contribution < 1.29 is 9.90 Å². The van der Waals surface area contributed by atoms with Gasteiger partial charge in [-0.2, -0.15) is 0 Å². The van der Waals surface area contributed by atoms with Gasteiger partial charge >= 0.3 is 0 Å². The van der Waals surface area contributed by atoms with Crippen LogP contribution >= 0.6 is 34.2 Å². The van der Waals surface area contributed by atoms with Crippen molar-refractivity contribution in [1.29, 1.82) is 0 Å². The molecule has 0 fully saturated rings. The molecule has 1 aromatic rings. The quantitative estimate of drug-likeness (QED) is 0.607. The topological polar surface area (TPSA) is 40.5 Å². The molecule has 0 aromatic heterocycles. The van der Waals surface area contributed by atoms with E-state index in [-0.39, 0.29) is 12.5 Å². The van der Waals surface area contributed by atoms with E-state index >= 15 is 0 Å². The molecule has 0 bridgehead atoms. The van der Waals surface area contributed by atoms with E-state index < -0.39 is 0 Å². The SMILES string of the molecule is CN(CCCCCO)C(=O)c1cc(Cl)ccc1I. The lowest BCUT2D eigenvalue weighted by atomic mass is 10.2. The van der Waals surface area contributed by atoms with Crippen LogP contribution in [-0.4, -0.2) is 36.1 Å². The van der Waals surface area contributed by atoms with Crippen molar-refractivity contribution in [3.63, 3.8) is 0 Å². The molecule has 1 N–H and O–H groups in total. The van der Waals surface area contributed by atoms with E-state index in [9.17, 15) is 4.79 Å². The first-order valence-electron chi connectivity index (χ1n) is 5.87. The predicted molar refractivity (Wildman–Crippen MR) is 82.1 cm³/mol. The summed E-state index contributed by atoms with van der Waals surface area (Å²) in [7, 11) is 1.79. The molecule has 0 radical (unpaired) electrons. The third-order valence-corrected chi connectivity index (χ3v) is 3.83. The van der Waals surface area contributed by atoms with Gasteiger partial charge in [-0.25, -0.2) is 0 Å². The molecular weight excluding hydrogens is 365 g/mol. The Labute approximate surface area is 126 Å². The minimum atomic E-state index is -0.00843. The summed E-state index contributed by atoms with van der Waals surface area (Å²) in [5.41, 5.74) is 0.646. The molecular formula is C13H17ClINO2. The van der Waals surface area contributed by atoms with Gasteiger partial charge in [0, 0.05) is 28.8 Å². The molecule has 0 spiro atoms. The lowest BCUT2D eigenvalue weighted by Crippen LogP contribution is -2.28. The van der Waals surface area contributed by atoms with Crippen LogP contribution in [0.3, 0.4) is 0 Å². The van der Waals surface area contributed by atoms with E-state index in [1.54, 1.807) is 24.1 Å². The number of hydrogen-bond acceptors (Lipinski definition) is 2. The van der Waals surface area contributed by atoms with Crippen molar-refractivity contribution in [2.45, 2.75) is 19.3 Å². The number of amides is 1. The lowest BCUT2D eigenvalue weighted by molar-refractivity contribution is 0.0791. The van der Waals surface area contributed by atoms with E-state index in [0.29, 0.717) is 17.1 Å². The third-order valence-electron chi connectivity index (χ3n) is 2.66. The molecule has 0 atom stereocenters. The van der Waals surface area contributed by atoms with E-state index in [4.69, 9.17) is 16.7 Å². The van der Waals surface area contributed by atoms with Gasteiger partial charge in [0.1, 0.15) is 0 Å². The zero-order valence-corrected chi connectivity index (χ0v) is 13.2. The maximum absolute atomic E-state index is 12.2. The van der Waals surface area contributed by atoms with Crippen LogP contribution in [0.25, 0.3) is 0 Å². The Bertz CT molecular complexity index is 412. The molecule has 18 heavy (non-hydrogen) atoms. The highest BCUT2D eigenvalue weighted by atomic mass is 127. The molecule has 1 amide bonds. The van der Waals surface area contributed by atoms with Crippen molar-refractivity contribution >= 4 is 40.1 Å². The summed E-state index contributed by atoms with van der Waals surface area (Å²) in [6.07, 6.45) is 2.62. The Morgan fingerprint density at radius 2 is 2.11 bits per heavy atom. The summed E-state index contributed by atoms with van der Waals surface area (Å²) >= 11 is 8.05. The molecule has 100 valence electrons. The molecule has 0 saturated carbocycles. The van der Waals surface area contributed by atoms with E-state index in [0.717, 1.165) is 22.8 Å². The number of aliphatic hydroxyl groups excluding tert-OH is 1. The number of unbranched alkanes of at least 4 members (excludes halogenated alkanes) is 2. The van der Waals surface area contributed by atoms with Crippen LogP contribution in [0.15, 0.2) is 18.2 Å². The number of rotatable bonds is 6. The number of halogens is 2. The Balaban J connectivity index is 2.60. The summed E-state index contributed by atoms with van der Waals surface area (Å²) in [6, 6.07) is 5.33. The number of carbonyl (C=O) groups is 1. The minimum Gasteiger partial charge on any atom is -0.396 e. The fourth-order valence-corrected chi connectivity index (χ4v) is 2.34. The first-order chi connectivity index (χ1) is 8.56. The molecule has 0 aliphatic carbocycles. The van der Waals surface area contributed by atoms with Crippen LogP contribution in [0.4, 0.5) is 0 Å². The average molecular weight is 382 g/mol. The van der Waals surface area contributed by atoms with Gasteiger partial charge in [0.05, 0.1) is 5.56 Å². The second-order valence-electron chi connectivity index (χ2n) is 4.14. The zero-order valence-electron chi connectivity index (χ0n) is 10.3. The fraction of sp³-hybridized carbons (Fsp3) is 0.462. The van der Waals surface area contributed by atoms with Gasteiger partial charge in [0.2, 0.25) is 0 Å². The molecule has 0 saturated heterocycles. The van der Waals surface area contributed by atoms with Gasteiger partial charge < -0.3 is 10.0 Å². The lowest BCUT2D eigenvalue weighted by Gasteiger charge is -2.18. The number of carbonyl (C=O) groups excluding carboxylic acids is 1. The third kappa shape index (κ3) is 4.74. The van der Waals surface area contributed by atoms with E-state index in [2.05, 4.69) is 22.6 Å².